The van der Waals surface area contributed by atoms with Crippen molar-refractivity contribution in [3.63, 3.8) is 0 Å². The summed E-state index contributed by atoms with van der Waals surface area (Å²) < 4.78 is 10.5. The highest BCUT2D eigenvalue weighted by Gasteiger charge is 2.56. The van der Waals surface area contributed by atoms with Gasteiger partial charge in [-0.15, -0.1) is 0 Å². The Morgan fingerprint density at radius 1 is 1.20 bits per heavy atom. The summed E-state index contributed by atoms with van der Waals surface area (Å²) >= 11 is 0. The maximum Gasteiger partial charge on any atom is 0.240 e. The van der Waals surface area contributed by atoms with Crippen molar-refractivity contribution in [2.24, 2.45) is 5.41 Å². The first-order chi connectivity index (χ1) is 12.2. The number of para-hydroxylation sites is 2. The van der Waals surface area contributed by atoms with Gasteiger partial charge in [0, 0.05) is 26.2 Å². The number of rotatable bonds is 7. The average molecular weight is 347 g/mol. The van der Waals surface area contributed by atoms with Crippen LogP contribution in [0.2, 0.25) is 0 Å². The number of nitrogens with zero attached hydrogens (tertiary/aromatic N) is 1. The molecule has 0 spiro atoms. The van der Waals surface area contributed by atoms with Gasteiger partial charge in [-0.3, -0.25) is 14.5 Å². The molecule has 1 aromatic carbocycles. The van der Waals surface area contributed by atoms with Gasteiger partial charge in [-0.25, -0.2) is 0 Å². The first-order valence-electron chi connectivity index (χ1n) is 8.68. The lowest BCUT2D eigenvalue weighted by atomic mass is 10.0. The fourth-order valence-corrected chi connectivity index (χ4v) is 2.99. The van der Waals surface area contributed by atoms with Crippen LogP contribution in [0.4, 0.5) is 5.69 Å². The Labute approximate surface area is 147 Å². The van der Waals surface area contributed by atoms with Crippen molar-refractivity contribution in [2.75, 3.05) is 51.8 Å². The van der Waals surface area contributed by atoms with E-state index in [2.05, 4.69) is 15.5 Å². The van der Waals surface area contributed by atoms with Gasteiger partial charge < -0.3 is 20.1 Å². The van der Waals surface area contributed by atoms with Crippen molar-refractivity contribution in [1.29, 1.82) is 0 Å². The van der Waals surface area contributed by atoms with Crippen LogP contribution in [0, 0.1) is 5.41 Å². The summed E-state index contributed by atoms with van der Waals surface area (Å²) in [5, 5.41) is 5.75. The molecule has 1 aromatic rings. The summed E-state index contributed by atoms with van der Waals surface area (Å²) in [5.74, 6) is 0.133. The third-order valence-electron chi connectivity index (χ3n) is 4.79. The summed E-state index contributed by atoms with van der Waals surface area (Å²) in [7, 11) is 1.55. The highest BCUT2D eigenvalue weighted by molar-refractivity contribution is 6.13. The summed E-state index contributed by atoms with van der Waals surface area (Å²) in [6, 6.07) is 7.20. The van der Waals surface area contributed by atoms with Gasteiger partial charge in [0.05, 0.1) is 26.0 Å². The van der Waals surface area contributed by atoms with Gasteiger partial charge >= 0.3 is 0 Å². The van der Waals surface area contributed by atoms with E-state index >= 15 is 0 Å². The molecule has 7 heteroatoms. The molecule has 1 aliphatic heterocycles. The molecule has 2 fully saturated rings. The van der Waals surface area contributed by atoms with Crippen LogP contribution >= 0.6 is 0 Å². The smallest absolute Gasteiger partial charge is 0.240 e. The van der Waals surface area contributed by atoms with Crippen LogP contribution in [0.1, 0.15) is 12.8 Å². The van der Waals surface area contributed by atoms with E-state index in [0.717, 1.165) is 32.8 Å². The highest BCUT2D eigenvalue weighted by atomic mass is 16.5. The van der Waals surface area contributed by atoms with Crippen molar-refractivity contribution in [2.45, 2.75) is 12.8 Å². The molecule has 1 heterocycles. The zero-order valence-electron chi connectivity index (χ0n) is 14.5. The van der Waals surface area contributed by atoms with Gasteiger partial charge in [0.2, 0.25) is 11.8 Å². The number of benzene rings is 1. The lowest BCUT2D eigenvalue weighted by Gasteiger charge is -2.26. The predicted molar refractivity (Wildman–Crippen MR) is 93.6 cm³/mol. The molecule has 1 aliphatic carbocycles. The molecule has 1 saturated carbocycles. The van der Waals surface area contributed by atoms with Crippen molar-refractivity contribution in [1.82, 2.24) is 10.2 Å². The minimum atomic E-state index is -0.939. The number of hydrogen-bond donors (Lipinski definition) is 2. The van der Waals surface area contributed by atoms with E-state index in [-0.39, 0.29) is 11.8 Å². The van der Waals surface area contributed by atoms with Crippen LogP contribution in [0.5, 0.6) is 5.75 Å². The molecule has 136 valence electrons. The second-order valence-corrected chi connectivity index (χ2v) is 6.45. The third kappa shape index (κ3) is 4.11. The molecule has 0 aromatic heterocycles. The van der Waals surface area contributed by atoms with Gasteiger partial charge in [0.15, 0.2) is 0 Å². The van der Waals surface area contributed by atoms with Gasteiger partial charge in [0.25, 0.3) is 0 Å². The Hall–Kier alpha value is -2.12. The van der Waals surface area contributed by atoms with Crippen molar-refractivity contribution in [3.05, 3.63) is 24.3 Å². The normalized spacial score (nSPS) is 19.1. The van der Waals surface area contributed by atoms with E-state index < -0.39 is 5.41 Å². The van der Waals surface area contributed by atoms with E-state index in [4.69, 9.17) is 9.47 Å². The van der Waals surface area contributed by atoms with Crippen molar-refractivity contribution >= 4 is 17.5 Å². The van der Waals surface area contributed by atoms with E-state index in [1.54, 1.807) is 19.2 Å². The van der Waals surface area contributed by atoms with Crippen LogP contribution in [-0.2, 0) is 14.3 Å². The Morgan fingerprint density at radius 2 is 1.92 bits per heavy atom. The Bertz CT molecular complexity index is 625. The maximum atomic E-state index is 12.6. The maximum absolute atomic E-state index is 12.6. The van der Waals surface area contributed by atoms with Crippen LogP contribution in [0.15, 0.2) is 24.3 Å². The van der Waals surface area contributed by atoms with Gasteiger partial charge in [-0.2, -0.15) is 0 Å². The standard InChI is InChI=1S/C18H25N3O4/c1-24-15-5-3-2-4-14(15)20-17(23)18(6-7-18)16(22)19-8-9-21-10-12-25-13-11-21/h2-5H,6-13H2,1H3,(H,19,22)(H,20,23). The molecule has 0 bridgehead atoms. The molecular formula is C18H25N3O4. The number of methoxy groups -OCH3 is 1. The number of carbonyl (C=O) groups is 2. The molecule has 0 atom stereocenters. The van der Waals surface area contributed by atoms with E-state index in [0.29, 0.717) is 30.8 Å². The lowest BCUT2D eigenvalue weighted by Crippen LogP contribution is -2.45. The molecule has 0 unspecified atom stereocenters. The molecule has 25 heavy (non-hydrogen) atoms. The fraction of sp³-hybridized carbons (Fsp3) is 0.556. The van der Waals surface area contributed by atoms with E-state index in [1.165, 1.54) is 0 Å². The first-order valence-corrected chi connectivity index (χ1v) is 8.68. The number of ether oxygens (including phenoxy) is 2. The van der Waals surface area contributed by atoms with Gasteiger partial charge in [0.1, 0.15) is 11.2 Å². The molecule has 2 aliphatic rings. The summed E-state index contributed by atoms with van der Waals surface area (Å²) in [4.78, 5) is 27.4. The predicted octanol–water partition coefficient (Wildman–Crippen LogP) is 0.862. The zero-order valence-corrected chi connectivity index (χ0v) is 14.5. The number of amides is 2. The Balaban J connectivity index is 1.52. The Morgan fingerprint density at radius 3 is 2.60 bits per heavy atom. The topological polar surface area (TPSA) is 79.9 Å². The first kappa shape index (κ1) is 17.7. The molecule has 1 saturated heterocycles. The minimum absolute atomic E-state index is 0.187. The lowest BCUT2D eigenvalue weighted by molar-refractivity contribution is -0.134. The van der Waals surface area contributed by atoms with Crippen LogP contribution in [0.25, 0.3) is 0 Å². The zero-order chi connectivity index (χ0) is 17.7. The second kappa shape index (κ2) is 7.84. The SMILES string of the molecule is COc1ccccc1NC(=O)C1(C(=O)NCCN2CCOCC2)CC1. The summed E-state index contributed by atoms with van der Waals surface area (Å²) in [6.07, 6.45) is 1.16. The number of anilines is 1. The molecule has 3 rings (SSSR count). The molecule has 2 amide bonds. The number of carbonyl (C=O) groups excluding carboxylic acids is 2. The van der Waals surface area contributed by atoms with Crippen LogP contribution in [-0.4, -0.2) is 63.2 Å². The average Bonchev–Trinajstić information content (AvgIpc) is 3.45. The molecule has 0 radical (unpaired) electrons. The fourth-order valence-electron chi connectivity index (χ4n) is 2.99. The quantitative estimate of drug-likeness (QED) is 0.715. The number of hydrogen-bond acceptors (Lipinski definition) is 5. The monoisotopic (exact) mass is 347 g/mol. The molecule has 7 nitrogen and oxygen atoms in total. The van der Waals surface area contributed by atoms with Crippen LogP contribution < -0.4 is 15.4 Å². The van der Waals surface area contributed by atoms with E-state index in [9.17, 15) is 9.59 Å². The van der Waals surface area contributed by atoms with Gasteiger partial charge in [-0.05, 0) is 25.0 Å². The second-order valence-electron chi connectivity index (χ2n) is 6.45. The van der Waals surface area contributed by atoms with Crippen molar-refractivity contribution in [3.8, 4) is 5.75 Å². The minimum Gasteiger partial charge on any atom is -0.495 e. The molecule has 2 N–H and O–H groups in total. The highest BCUT2D eigenvalue weighted by Crippen LogP contribution is 2.47. The largest absolute Gasteiger partial charge is 0.495 e. The number of nitrogens with one attached hydrogen (secondary N) is 2. The number of morpholine rings is 1. The van der Waals surface area contributed by atoms with E-state index in [1.807, 2.05) is 12.1 Å². The molecular weight excluding hydrogens is 322 g/mol. The van der Waals surface area contributed by atoms with Crippen LogP contribution in [0.3, 0.4) is 0 Å². The summed E-state index contributed by atoms with van der Waals surface area (Å²) in [5.41, 5.74) is -0.353. The van der Waals surface area contributed by atoms with Crippen molar-refractivity contribution < 1.29 is 19.1 Å². The third-order valence-corrected chi connectivity index (χ3v) is 4.79. The van der Waals surface area contributed by atoms with Gasteiger partial charge in [-0.1, -0.05) is 12.1 Å². The Kier molecular flexibility index (Phi) is 5.55. The summed E-state index contributed by atoms with van der Waals surface area (Å²) in [6.45, 7) is 4.56.